The molecule has 0 aliphatic heterocycles. The molecular weight excluding hydrogens is 208 g/mol. The summed E-state index contributed by atoms with van der Waals surface area (Å²) in [6.45, 7) is 4.32. The fraction of sp³-hybridized carbons (Fsp3) is 1.00. The molecular formula is C15H30N2. The Morgan fingerprint density at radius 2 is 1.53 bits per heavy atom. The molecule has 0 unspecified atom stereocenters. The summed E-state index contributed by atoms with van der Waals surface area (Å²) in [6, 6.07) is 1.71. The lowest BCUT2D eigenvalue weighted by atomic mass is 9.83. The standard InChI is InChI=1S/C15H30N2/c1-2-13-7-9-15(10-8-13)17(12-11-16)14-5-3-4-6-14/h13-15H,2-12,16H2,1H3. The lowest BCUT2D eigenvalue weighted by Gasteiger charge is -2.40. The van der Waals surface area contributed by atoms with Crippen LogP contribution in [0.5, 0.6) is 0 Å². The second-order valence-corrected chi connectivity index (χ2v) is 6.05. The molecule has 0 bridgehead atoms. The largest absolute Gasteiger partial charge is 0.329 e. The lowest BCUT2D eigenvalue weighted by Crippen LogP contribution is -2.46. The van der Waals surface area contributed by atoms with E-state index in [0.717, 1.165) is 31.1 Å². The van der Waals surface area contributed by atoms with Gasteiger partial charge in [-0.15, -0.1) is 0 Å². The summed E-state index contributed by atoms with van der Waals surface area (Å²) in [5.74, 6) is 1.01. The maximum atomic E-state index is 5.82. The van der Waals surface area contributed by atoms with Crippen LogP contribution >= 0.6 is 0 Å². The molecule has 0 aromatic heterocycles. The van der Waals surface area contributed by atoms with Crippen LogP contribution in [0.1, 0.15) is 64.7 Å². The third-order valence-corrected chi connectivity index (χ3v) is 5.04. The van der Waals surface area contributed by atoms with Crippen molar-refractivity contribution in [3.8, 4) is 0 Å². The summed E-state index contributed by atoms with van der Waals surface area (Å²) < 4.78 is 0. The number of hydrogen-bond donors (Lipinski definition) is 1. The first-order chi connectivity index (χ1) is 8.35. The van der Waals surface area contributed by atoms with Gasteiger partial charge in [-0.25, -0.2) is 0 Å². The van der Waals surface area contributed by atoms with Gasteiger partial charge in [0.2, 0.25) is 0 Å². The number of nitrogens with zero attached hydrogens (tertiary/aromatic N) is 1. The SMILES string of the molecule is CCC1CCC(N(CCN)C2CCCC2)CC1. The van der Waals surface area contributed by atoms with Gasteiger partial charge in [0, 0.05) is 25.2 Å². The average Bonchev–Trinajstić information content (AvgIpc) is 2.90. The third-order valence-electron chi connectivity index (χ3n) is 5.04. The minimum atomic E-state index is 0.838. The second kappa shape index (κ2) is 6.75. The van der Waals surface area contributed by atoms with E-state index in [9.17, 15) is 0 Å². The molecule has 100 valence electrons. The van der Waals surface area contributed by atoms with E-state index in [0.29, 0.717) is 0 Å². The van der Waals surface area contributed by atoms with Gasteiger partial charge in [0.05, 0.1) is 0 Å². The summed E-state index contributed by atoms with van der Waals surface area (Å²) in [4.78, 5) is 2.78. The maximum absolute atomic E-state index is 5.82. The van der Waals surface area contributed by atoms with Crippen molar-refractivity contribution in [1.29, 1.82) is 0 Å². The molecule has 17 heavy (non-hydrogen) atoms. The van der Waals surface area contributed by atoms with Crippen molar-refractivity contribution in [3.05, 3.63) is 0 Å². The van der Waals surface area contributed by atoms with Gasteiger partial charge in [0.25, 0.3) is 0 Å². The Balaban J connectivity index is 1.87. The monoisotopic (exact) mass is 238 g/mol. The Labute approximate surface area is 107 Å². The molecule has 2 rings (SSSR count). The van der Waals surface area contributed by atoms with Gasteiger partial charge >= 0.3 is 0 Å². The first-order valence-corrected chi connectivity index (χ1v) is 7.81. The van der Waals surface area contributed by atoms with Crippen LogP contribution in [0.2, 0.25) is 0 Å². The fourth-order valence-electron chi connectivity index (χ4n) is 3.93. The van der Waals surface area contributed by atoms with E-state index in [-0.39, 0.29) is 0 Å². The Kier molecular flexibility index (Phi) is 5.30. The normalized spacial score (nSPS) is 31.2. The number of rotatable bonds is 5. The molecule has 0 atom stereocenters. The van der Waals surface area contributed by atoms with Crippen molar-refractivity contribution in [3.63, 3.8) is 0 Å². The molecule has 0 saturated heterocycles. The van der Waals surface area contributed by atoms with Gasteiger partial charge in [-0.3, -0.25) is 4.90 Å². The minimum absolute atomic E-state index is 0.838. The van der Waals surface area contributed by atoms with Crippen molar-refractivity contribution in [2.45, 2.75) is 76.8 Å². The molecule has 0 aromatic rings. The van der Waals surface area contributed by atoms with Gasteiger partial charge in [-0.1, -0.05) is 26.2 Å². The van der Waals surface area contributed by atoms with Crippen LogP contribution in [0.25, 0.3) is 0 Å². The summed E-state index contributed by atoms with van der Waals surface area (Å²) >= 11 is 0. The lowest BCUT2D eigenvalue weighted by molar-refractivity contribution is 0.0949. The predicted molar refractivity (Wildman–Crippen MR) is 74.1 cm³/mol. The second-order valence-electron chi connectivity index (χ2n) is 6.05. The molecule has 2 aliphatic carbocycles. The zero-order chi connectivity index (χ0) is 12.1. The van der Waals surface area contributed by atoms with E-state index in [1.807, 2.05) is 0 Å². The molecule has 2 nitrogen and oxygen atoms in total. The molecule has 0 heterocycles. The van der Waals surface area contributed by atoms with Crippen LogP contribution in [-0.2, 0) is 0 Å². The highest BCUT2D eigenvalue weighted by Gasteiger charge is 2.30. The number of hydrogen-bond acceptors (Lipinski definition) is 2. The first-order valence-electron chi connectivity index (χ1n) is 7.81. The summed E-state index contributed by atoms with van der Waals surface area (Å²) in [5, 5.41) is 0. The summed E-state index contributed by atoms with van der Waals surface area (Å²) in [5.41, 5.74) is 5.82. The molecule has 0 spiro atoms. The van der Waals surface area contributed by atoms with Gasteiger partial charge < -0.3 is 5.73 Å². The van der Waals surface area contributed by atoms with E-state index >= 15 is 0 Å². The molecule has 2 fully saturated rings. The minimum Gasteiger partial charge on any atom is -0.329 e. The van der Waals surface area contributed by atoms with Crippen LogP contribution in [0.4, 0.5) is 0 Å². The smallest absolute Gasteiger partial charge is 0.0110 e. The molecule has 2 heteroatoms. The quantitative estimate of drug-likeness (QED) is 0.797. The Morgan fingerprint density at radius 1 is 0.941 bits per heavy atom. The van der Waals surface area contributed by atoms with Crippen molar-refractivity contribution >= 4 is 0 Å². The zero-order valence-electron chi connectivity index (χ0n) is 11.5. The molecule has 0 aromatic carbocycles. The van der Waals surface area contributed by atoms with Crippen molar-refractivity contribution < 1.29 is 0 Å². The Hall–Kier alpha value is -0.0800. The van der Waals surface area contributed by atoms with Gasteiger partial charge in [0.15, 0.2) is 0 Å². The van der Waals surface area contributed by atoms with E-state index < -0.39 is 0 Å². The van der Waals surface area contributed by atoms with Crippen LogP contribution in [0.3, 0.4) is 0 Å². The van der Waals surface area contributed by atoms with Crippen LogP contribution in [0.15, 0.2) is 0 Å². The van der Waals surface area contributed by atoms with Crippen molar-refractivity contribution in [2.24, 2.45) is 11.7 Å². The topological polar surface area (TPSA) is 29.3 Å². The van der Waals surface area contributed by atoms with Crippen molar-refractivity contribution in [1.82, 2.24) is 4.90 Å². The van der Waals surface area contributed by atoms with E-state index in [1.165, 1.54) is 57.8 Å². The third kappa shape index (κ3) is 3.45. The highest BCUT2D eigenvalue weighted by Crippen LogP contribution is 2.33. The van der Waals surface area contributed by atoms with E-state index in [4.69, 9.17) is 5.73 Å². The predicted octanol–water partition coefficient (Wildman–Crippen LogP) is 3.16. The Morgan fingerprint density at radius 3 is 2.06 bits per heavy atom. The summed E-state index contributed by atoms with van der Waals surface area (Å²) in [6.07, 6.45) is 12.9. The van der Waals surface area contributed by atoms with Gasteiger partial charge in [-0.2, -0.15) is 0 Å². The van der Waals surface area contributed by atoms with E-state index in [1.54, 1.807) is 0 Å². The molecule has 2 N–H and O–H groups in total. The van der Waals surface area contributed by atoms with Gasteiger partial charge in [0.1, 0.15) is 0 Å². The van der Waals surface area contributed by atoms with Crippen LogP contribution < -0.4 is 5.73 Å². The van der Waals surface area contributed by atoms with E-state index in [2.05, 4.69) is 11.8 Å². The van der Waals surface area contributed by atoms with Crippen LogP contribution in [0, 0.1) is 5.92 Å². The molecule has 2 aliphatic rings. The molecule has 0 radical (unpaired) electrons. The maximum Gasteiger partial charge on any atom is 0.0110 e. The van der Waals surface area contributed by atoms with Crippen molar-refractivity contribution in [2.75, 3.05) is 13.1 Å². The highest BCUT2D eigenvalue weighted by molar-refractivity contribution is 4.86. The first kappa shape index (κ1) is 13.4. The Bertz CT molecular complexity index is 203. The van der Waals surface area contributed by atoms with Crippen LogP contribution in [-0.4, -0.2) is 30.1 Å². The highest BCUT2D eigenvalue weighted by atomic mass is 15.2. The molecule has 0 amide bonds. The summed E-state index contributed by atoms with van der Waals surface area (Å²) in [7, 11) is 0. The fourth-order valence-corrected chi connectivity index (χ4v) is 3.93. The van der Waals surface area contributed by atoms with Gasteiger partial charge in [-0.05, 0) is 44.4 Å². The number of nitrogens with two attached hydrogens (primary N) is 1. The molecule has 2 saturated carbocycles. The zero-order valence-corrected chi connectivity index (χ0v) is 11.5. The average molecular weight is 238 g/mol.